The minimum Gasteiger partial charge on any atom is -0.495 e. The first kappa shape index (κ1) is 13.6. The van der Waals surface area contributed by atoms with Gasteiger partial charge in [0.25, 0.3) is 0 Å². The zero-order chi connectivity index (χ0) is 13.5. The molecule has 0 saturated heterocycles. The maximum absolute atomic E-state index is 11.3. The van der Waals surface area contributed by atoms with Crippen LogP contribution < -0.4 is 4.74 Å². The monoisotopic (exact) mass is 248 g/mol. The minimum atomic E-state index is -0.644. The molecule has 94 valence electrons. The normalized spacial score (nSPS) is 8.83. The van der Waals surface area contributed by atoms with E-state index in [0.29, 0.717) is 16.9 Å². The van der Waals surface area contributed by atoms with E-state index in [9.17, 15) is 9.59 Å². The van der Waals surface area contributed by atoms with Crippen molar-refractivity contribution in [2.75, 3.05) is 21.3 Å². The van der Waals surface area contributed by atoms with Crippen LogP contribution in [0.3, 0.4) is 0 Å². The van der Waals surface area contributed by atoms with Gasteiger partial charge < -0.3 is 14.2 Å². The third-order valence-electron chi connectivity index (χ3n) is 2.11. The Balaban J connectivity index is 3.10. The van der Waals surface area contributed by atoms with Gasteiger partial charge in [-0.3, -0.25) is 0 Å². The number of ether oxygens (including phenoxy) is 3. The fraction of sp³-hybridized carbons (Fsp3) is 0.231. The van der Waals surface area contributed by atoms with Gasteiger partial charge in [-0.1, -0.05) is 5.92 Å². The van der Waals surface area contributed by atoms with Crippen molar-refractivity contribution >= 4 is 11.9 Å². The van der Waals surface area contributed by atoms with Gasteiger partial charge in [0.15, 0.2) is 0 Å². The van der Waals surface area contributed by atoms with Gasteiger partial charge in [-0.05, 0) is 18.2 Å². The van der Waals surface area contributed by atoms with Crippen LogP contribution >= 0.6 is 0 Å². The molecular formula is C13H12O5. The van der Waals surface area contributed by atoms with Crippen molar-refractivity contribution in [1.29, 1.82) is 0 Å². The number of hydrogen-bond donors (Lipinski definition) is 0. The van der Waals surface area contributed by atoms with Crippen LogP contribution in [0.5, 0.6) is 5.75 Å². The van der Waals surface area contributed by atoms with Crippen LogP contribution in [0, 0.1) is 11.8 Å². The van der Waals surface area contributed by atoms with Crippen LogP contribution in [0.1, 0.15) is 15.9 Å². The number of carbonyl (C=O) groups excluding carboxylic acids is 2. The second kappa shape index (κ2) is 6.30. The highest BCUT2D eigenvalue weighted by Gasteiger charge is 2.09. The summed E-state index contributed by atoms with van der Waals surface area (Å²) in [6.45, 7) is 0. The molecule has 5 nitrogen and oxygen atoms in total. The van der Waals surface area contributed by atoms with Gasteiger partial charge >= 0.3 is 11.9 Å². The van der Waals surface area contributed by atoms with Crippen LogP contribution in [0.2, 0.25) is 0 Å². The van der Waals surface area contributed by atoms with Gasteiger partial charge in [0.05, 0.1) is 32.5 Å². The Morgan fingerprint density at radius 2 is 1.83 bits per heavy atom. The largest absolute Gasteiger partial charge is 0.495 e. The summed E-state index contributed by atoms with van der Waals surface area (Å²) in [7, 11) is 3.98. The van der Waals surface area contributed by atoms with E-state index in [1.165, 1.54) is 33.5 Å². The van der Waals surface area contributed by atoms with Crippen LogP contribution in [0.4, 0.5) is 0 Å². The standard InChI is InChI=1S/C13H12O5/c1-16-11-8-10(13(15)18-3)5-4-9(11)6-7-12(14)17-2/h4-5,8H,1-3H3. The molecule has 0 heterocycles. The molecule has 1 rings (SSSR count). The highest BCUT2D eigenvalue weighted by atomic mass is 16.5. The molecule has 0 aliphatic carbocycles. The zero-order valence-electron chi connectivity index (χ0n) is 10.3. The van der Waals surface area contributed by atoms with Gasteiger partial charge in [0.2, 0.25) is 0 Å². The van der Waals surface area contributed by atoms with Crippen molar-refractivity contribution in [3.8, 4) is 17.6 Å². The van der Waals surface area contributed by atoms with E-state index in [4.69, 9.17) is 4.74 Å². The average Bonchev–Trinajstić information content (AvgIpc) is 2.43. The summed E-state index contributed by atoms with van der Waals surface area (Å²) >= 11 is 0. The predicted octanol–water partition coefficient (Wildman–Crippen LogP) is 1.01. The molecular weight excluding hydrogens is 236 g/mol. The molecule has 0 atom stereocenters. The summed E-state index contributed by atoms with van der Waals surface area (Å²) in [4.78, 5) is 22.2. The third kappa shape index (κ3) is 3.25. The van der Waals surface area contributed by atoms with Crippen molar-refractivity contribution in [2.24, 2.45) is 0 Å². The van der Waals surface area contributed by atoms with E-state index in [1.807, 2.05) is 0 Å². The van der Waals surface area contributed by atoms with E-state index in [1.54, 1.807) is 6.07 Å². The van der Waals surface area contributed by atoms with Crippen molar-refractivity contribution in [1.82, 2.24) is 0 Å². The van der Waals surface area contributed by atoms with Crippen molar-refractivity contribution in [3.63, 3.8) is 0 Å². The summed E-state index contributed by atoms with van der Waals surface area (Å²) in [5, 5.41) is 0. The maximum atomic E-state index is 11.3. The number of rotatable bonds is 2. The highest BCUT2D eigenvalue weighted by Crippen LogP contribution is 2.19. The van der Waals surface area contributed by atoms with Crippen molar-refractivity contribution in [3.05, 3.63) is 29.3 Å². The Hall–Kier alpha value is -2.48. The Morgan fingerprint density at radius 1 is 1.11 bits per heavy atom. The van der Waals surface area contributed by atoms with Gasteiger partial charge in [-0.15, -0.1) is 0 Å². The van der Waals surface area contributed by atoms with Gasteiger partial charge in [-0.2, -0.15) is 0 Å². The van der Waals surface area contributed by atoms with Crippen LogP contribution in [-0.4, -0.2) is 33.3 Å². The van der Waals surface area contributed by atoms with E-state index >= 15 is 0 Å². The molecule has 0 unspecified atom stereocenters. The molecule has 0 spiro atoms. The number of benzene rings is 1. The summed E-state index contributed by atoms with van der Waals surface area (Å²) in [5.74, 6) is 4.14. The molecule has 5 heteroatoms. The molecule has 0 N–H and O–H groups in total. The number of carbonyl (C=O) groups is 2. The average molecular weight is 248 g/mol. The highest BCUT2D eigenvalue weighted by molar-refractivity contribution is 5.91. The molecule has 0 fully saturated rings. The molecule has 0 bridgehead atoms. The van der Waals surface area contributed by atoms with Crippen LogP contribution in [-0.2, 0) is 14.3 Å². The van der Waals surface area contributed by atoms with E-state index < -0.39 is 11.9 Å². The Morgan fingerprint density at radius 3 is 2.39 bits per heavy atom. The summed E-state index contributed by atoms with van der Waals surface area (Å²) < 4.78 is 14.1. The molecule has 1 aromatic rings. The first-order valence-electron chi connectivity index (χ1n) is 4.98. The Bertz CT molecular complexity index is 522. The molecule has 18 heavy (non-hydrogen) atoms. The van der Waals surface area contributed by atoms with Gasteiger partial charge in [0, 0.05) is 5.92 Å². The minimum absolute atomic E-state index is 0.345. The second-order valence-electron chi connectivity index (χ2n) is 3.15. The van der Waals surface area contributed by atoms with Gasteiger partial charge in [0.1, 0.15) is 5.75 Å². The summed E-state index contributed by atoms with van der Waals surface area (Å²) in [5.41, 5.74) is 0.827. The van der Waals surface area contributed by atoms with E-state index in [2.05, 4.69) is 21.3 Å². The lowest BCUT2D eigenvalue weighted by atomic mass is 10.1. The maximum Gasteiger partial charge on any atom is 0.384 e. The smallest absolute Gasteiger partial charge is 0.384 e. The van der Waals surface area contributed by atoms with Crippen molar-refractivity contribution in [2.45, 2.75) is 0 Å². The SMILES string of the molecule is COC(=O)C#Cc1ccc(C(=O)OC)cc1OC. The lowest BCUT2D eigenvalue weighted by Crippen LogP contribution is -2.02. The first-order valence-corrected chi connectivity index (χ1v) is 4.98. The zero-order valence-corrected chi connectivity index (χ0v) is 10.3. The number of esters is 2. The summed E-state index contributed by atoms with van der Waals surface area (Å²) in [6.07, 6.45) is 0. The molecule has 0 aromatic heterocycles. The first-order chi connectivity index (χ1) is 8.62. The Labute approximate surface area is 105 Å². The lowest BCUT2D eigenvalue weighted by Gasteiger charge is -2.05. The molecule has 0 saturated carbocycles. The molecule has 0 aliphatic rings. The molecule has 1 aromatic carbocycles. The number of methoxy groups -OCH3 is 3. The molecule has 0 amide bonds. The quantitative estimate of drug-likeness (QED) is 0.577. The van der Waals surface area contributed by atoms with E-state index in [0.717, 1.165) is 0 Å². The molecule has 0 radical (unpaired) electrons. The lowest BCUT2D eigenvalue weighted by molar-refractivity contribution is -0.133. The van der Waals surface area contributed by atoms with E-state index in [-0.39, 0.29) is 0 Å². The Kier molecular flexibility index (Phi) is 4.76. The van der Waals surface area contributed by atoms with Gasteiger partial charge in [-0.25, -0.2) is 9.59 Å². The third-order valence-corrected chi connectivity index (χ3v) is 2.11. The van der Waals surface area contributed by atoms with Crippen LogP contribution in [0.25, 0.3) is 0 Å². The van der Waals surface area contributed by atoms with Crippen LogP contribution in [0.15, 0.2) is 18.2 Å². The summed E-state index contributed by atoms with van der Waals surface area (Å²) in [6, 6.07) is 4.60. The topological polar surface area (TPSA) is 61.8 Å². The second-order valence-corrected chi connectivity index (χ2v) is 3.15. The fourth-order valence-electron chi connectivity index (χ4n) is 1.21. The predicted molar refractivity (Wildman–Crippen MR) is 63.2 cm³/mol. The molecule has 0 aliphatic heterocycles. The van der Waals surface area contributed by atoms with Crippen molar-refractivity contribution < 1.29 is 23.8 Å². The fourth-order valence-corrected chi connectivity index (χ4v) is 1.21. The number of hydrogen-bond acceptors (Lipinski definition) is 5.